The van der Waals surface area contributed by atoms with Gasteiger partial charge in [0.1, 0.15) is 0 Å². The Morgan fingerprint density at radius 1 is 1.06 bits per heavy atom. The van der Waals surface area contributed by atoms with Crippen LogP contribution in [0.1, 0.15) is 50.2 Å². The van der Waals surface area contributed by atoms with Gasteiger partial charge in [-0.1, -0.05) is 24.3 Å². The van der Waals surface area contributed by atoms with E-state index in [1.165, 1.54) is 11.1 Å². The lowest BCUT2D eigenvalue weighted by Gasteiger charge is -2.22. The summed E-state index contributed by atoms with van der Waals surface area (Å²) in [5, 5.41) is 6.69. The minimum Gasteiger partial charge on any atom is -0.381 e. The van der Waals surface area contributed by atoms with Gasteiger partial charge in [-0.05, 0) is 50.2 Å². The third-order valence-corrected chi connectivity index (χ3v) is 5.53. The quantitative estimate of drug-likeness (QED) is 0.300. The van der Waals surface area contributed by atoms with Gasteiger partial charge in [-0.25, -0.2) is 4.99 Å². The first kappa shape index (κ1) is 24.0. The van der Waals surface area contributed by atoms with Crippen LogP contribution in [0.2, 0.25) is 0 Å². The summed E-state index contributed by atoms with van der Waals surface area (Å²) in [6.45, 7) is 9.01. The maximum atomic E-state index is 6.00. The lowest BCUT2D eigenvalue weighted by Crippen LogP contribution is -2.38. The fraction of sp³-hybridized carbons (Fsp3) is 0.708. The molecule has 1 unspecified atom stereocenters. The molecule has 0 bridgehead atoms. The third-order valence-electron chi connectivity index (χ3n) is 5.53. The minimum atomic E-state index is 0.298. The monoisotopic (exact) mass is 433 g/mol. The van der Waals surface area contributed by atoms with Gasteiger partial charge < -0.3 is 29.6 Å². The number of guanidine groups is 1. The summed E-state index contributed by atoms with van der Waals surface area (Å²) in [6, 6.07) is 8.54. The van der Waals surface area contributed by atoms with Crippen LogP contribution in [0.5, 0.6) is 0 Å². The van der Waals surface area contributed by atoms with E-state index in [-0.39, 0.29) is 0 Å². The summed E-state index contributed by atoms with van der Waals surface area (Å²) in [4.78, 5) is 4.70. The Morgan fingerprint density at radius 3 is 2.61 bits per heavy atom. The van der Waals surface area contributed by atoms with Gasteiger partial charge in [0.25, 0.3) is 0 Å². The van der Waals surface area contributed by atoms with Crippen LogP contribution < -0.4 is 10.6 Å². The Balaban J connectivity index is 1.32. The number of ether oxygens (including phenoxy) is 4. The van der Waals surface area contributed by atoms with Crippen molar-refractivity contribution in [2.45, 2.75) is 64.4 Å². The maximum absolute atomic E-state index is 6.00. The molecule has 2 N–H and O–H groups in total. The fourth-order valence-electron chi connectivity index (χ4n) is 3.68. The van der Waals surface area contributed by atoms with Crippen LogP contribution in [0.15, 0.2) is 29.3 Å². The predicted octanol–water partition coefficient (Wildman–Crippen LogP) is 3.02. The van der Waals surface area contributed by atoms with Gasteiger partial charge in [0, 0.05) is 39.5 Å². The zero-order valence-electron chi connectivity index (χ0n) is 18.9. The first-order valence-electron chi connectivity index (χ1n) is 11.8. The highest BCUT2D eigenvalue weighted by molar-refractivity contribution is 5.79. The second-order valence-electron chi connectivity index (χ2n) is 8.12. The summed E-state index contributed by atoms with van der Waals surface area (Å²) in [7, 11) is 0. The first-order chi connectivity index (χ1) is 15.3. The van der Waals surface area contributed by atoms with Gasteiger partial charge in [-0.2, -0.15) is 0 Å². The molecule has 3 rings (SSSR count). The predicted molar refractivity (Wildman–Crippen MR) is 122 cm³/mol. The molecule has 0 amide bonds. The number of aliphatic imine (C=N–C) groups is 1. The van der Waals surface area contributed by atoms with Crippen molar-refractivity contribution in [2.75, 3.05) is 46.1 Å². The van der Waals surface area contributed by atoms with E-state index in [1.54, 1.807) is 0 Å². The number of nitrogens with one attached hydrogen (secondary N) is 2. The van der Waals surface area contributed by atoms with Crippen LogP contribution >= 0.6 is 0 Å². The van der Waals surface area contributed by atoms with Crippen LogP contribution in [0, 0.1) is 0 Å². The lowest BCUT2D eigenvalue weighted by molar-refractivity contribution is -0.0390. The van der Waals surface area contributed by atoms with Crippen LogP contribution in [-0.4, -0.2) is 64.3 Å². The van der Waals surface area contributed by atoms with E-state index in [2.05, 4.69) is 41.8 Å². The summed E-state index contributed by atoms with van der Waals surface area (Å²) < 4.78 is 22.7. The van der Waals surface area contributed by atoms with Crippen LogP contribution in [-0.2, 0) is 32.1 Å². The number of rotatable bonds is 12. The van der Waals surface area contributed by atoms with Gasteiger partial charge in [0.2, 0.25) is 0 Å². The molecule has 7 nitrogen and oxygen atoms in total. The maximum Gasteiger partial charge on any atom is 0.191 e. The number of benzene rings is 1. The highest BCUT2D eigenvalue weighted by Crippen LogP contribution is 2.14. The number of hydrogen-bond donors (Lipinski definition) is 2. The number of hydrogen-bond acceptors (Lipinski definition) is 5. The van der Waals surface area contributed by atoms with Crippen molar-refractivity contribution >= 4 is 5.96 Å². The van der Waals surface area contributed by atoms with E-state index in [0.29, 0.717) is 32.0 Å². The molecule has 1 aromatic rings. The van der Waals surface area contributed by atoms with E-state index in [9.17, 15) is 0 Å². The van der Waals surface area contributed by atoms with Crippen LogP contribution in [0.3, 0.4) is 0 Å². The Hall–Kier alpha value is -1.67. The molecule has 0 aliphatic carbocycles. The van der Waals surface area contributed by atoms with Crippen molar-refractivity contribution in [3.05, 3.63) is 35.4 Å². The molecule has 0 radical (unpaired) electrons. The van der Waals surface area contributed by atoms with E-state index >= 15 is 0 Å². The standard InChI is InChI=1S/C24H39N3O4/c1-2-25-24(26-12-4-13-29-19-23-5-3-14-30-23)27-17-20-6-8-21(9-7-20)18-31-22-10-15-28-16-11-22/h6-9,22-23H,2-5,10-19H2,1H3,(H2,25,26,27). The Bertz CT molecular complexity index is 626. The molecule has 2 saturated heterocycles. The Labute approximate surface area is 186 Å². The van der Waals surface area contributed by atoms with Gasteiger partial charge >= 0.3 is 0 Å². The number of nitrogens with zero attached hydrogens (tertiary/aromatic N) is 1. The van der Waals surface area contributed by atoms with Gasteiger partial charge in [0.05, 0.1) is 32.0 Å². The fourth-order valence-corrected chi connectivity index (χ4v) is 3.68. The van der Waals surface area contributed by atoms with Crippen LogP contribution in [0.25, 0.3) is 0 Å². The van der Waals surface area contributed by atoms with E-state index in [0.717, 1.165) is 77.6 Å². The third kappa shape index (κ3) is 9.56. The molecule has 0 aromatic heterocycles. The molecular weight excluding hydrogens is 394 g/mol. The van der Waals surface area contributed by atoms with Crippen molar-refractivity contribution in [1.29, 1.82) is 0 Å². The molecule has 2 aliphatic heterocycles. The summed E-state index contributed by atoms with van der Waals surface area (Å²) >= 11 is 0. The molecule has 174 valence electrons. The molecule has 31 heavy (non-hydrogen) atoms. The smallest absolute Gasteiger partial charge is 0.191 e. The summed E-state index contributed by atoms with van der Waals surface area (Å²) in [5.74, 6) is 0.841. The Kier molecular flexibility index (Phi) is 11.1. The van der Waals surface area contributed by atoms with Crippen molar-refractivity contribution in [2.24, 2.45) is 4.99 Å². The van der Waals surface area contributed by atoms with E-state index < -0.39 is 0 Å². The van der Waals surface area contributed by atoms with Crippen molar-refractivity contribution in [3.8, 4) is 0 Å². The van der Waals surface area contributed by atoms with Gasteiger partial charge in [0.15, 0.2) is 5.96 Å². The molecule has 2 fully saturated rings. The molecule has 1 aromatic carbocycles. The first-order valence-corrected chi connectivity index (χ1v) is 11.8. The Morgan fingerprint density at radius 2 is 1.87 bits per heavy atom. The van der Waals surface area contributed by atoms with Crippen molar-refractivity contribution < 1.29 is 18.9 Å². The second kappa shape index (κ2) is 14.4. The van der Waals surface area contributed by atoms with E-state index in [1.807, 2.05) is 0 Å². The largest absolute Gasteiger partial charge is 0.381 e. The van der Waals surface area contributed by atoms with Crippen LogP contribution in [0.4, 0.5) is 0 Å². The topological polar surface area (TPSA) is 73.3 Å². The highest BCUT2D eigenvalue weighted by Gasteiger charge is 2.15. The zero-order chi connectivity index (χ0) is 21.6. The summed E-state index contributed by atoms with van der Waals surface area (Å²) in [5.41, 5.74) is 2.39. The average molecular weight is 434 g/mol. The molecule has 0 spiro atoms. The van der Waals surface area contributed by atoms with Gasteiger partial charge in [-0.3, -0.25) is 0 Å². The van der Waals surface area contributed by atoms with Crippen molar-refractivity contribution in [3.63, 3.8) is 0 Å². The minimum absolute atomic E-state index is 0.298. The van der Waals surface area contributed by atoms with Gasteiger partial charge in [-0.15, -0.1) is 0 Å². The van der Waals surface area contributed by atoms with Crippen molar-refractivity contribution in [1.82, 2.24) is 10.6 Å². The molecule has 1 atom stereocenters. The lowest BCUT2D eigenvalue weighted by atomic mass is 10.1. The molecule has 0 saturated carbocycles. The normalized spacial score (nSPS) is 20.2. The molecular formula is C24H39N3O4. The molecule has 7 heteroatoms. The second-order valence-corrected chi connectivity index (χ2v) is 8.12. The highest BCUT2D eigenvalue weighted by atomic mass is 16.5. The zero-order valence-corrected chi connectivity index (χ0v) is 18.9. The average Bonchev–Trinajstić information content (AvgIpc) is 3.33. The SMILES string of the molecule is CCNC(=NCc1ccc(COC2CCOCC2)cc1)NCCCOCC1CCCO1. The van der Waals surface area contributed by atoms with E-state index in [4.69, 9.17) is 23.9 Å². The molecule has 2 heterocycles. The summed E-state index contributed by atoms with van der Waals surface area (Å²) in [6.07, 6.45) is 5.84. The molecule has 2 aliphatic rings.